The third-order valence-corrected chi connectivity index (χ3v) is 2.80. The number of hydrogen-bond acceptors (Lipinski definition) is 4. The normalized spacial score (nSPS) is 12.4. The van der Waals surface area contributed by atoms with Crippen LogP contribution in [0.5, 0.6) is 0 Å². The van der Waals surface area contributed by atoms with Crippen LogP contribution in [0.2, 0.25) is 0 Å². The van der Waals surface area contributed by atoms with Crippen LogP contribution < -0.4 is 10.9 Å². The molecule has 96 valence electrons. The first-order valence-corrected chi connectivity index (χ1v) is 6.00. The maximum atomic E-state index is 12.0. The lowest BCUT2D eigenvalue weighted by atomic mass is 10.2. The predicted octanol–water partition coefficient (Wildman–Crippen LogP) is 2.34. The van der Waals surface area contributed by atoms with Gasteiger partial charge < -0.3 is 14.3 Å². The van der Waals surface area contributed by atoms with E-state index in [0.717, 1.165) is 11.5 Å². The number of aryl methyl sites for hydroxylation is 2. The molecule has 0 fully saturated rings. The highest BCUT2D eigenvalue weighted by Crippen LogP contribution is 2.18. The maximum absolute atomic E-state index is 12.0. The molecule has 2 aromatic rings. The first-order valence-electron chi connectivity index (χ1n) is 6.00. The average molecular weight is 247 g/mol. The smallest absolute Gasteiger partial charge is 0.293 e. The van der Waals surface area contributed by atoms with Crippen molar-refractivity contribution in [3.05, 3.63) is 46.4 Å². The number of furan rings is 1. The van der Waals surface area contributed by atoms with Crippen molar-refractivity contribution in [2.45, 2.75) is 33.4 Å². The zero-order valence-electron chi connectivity index (χ0n) is 10.8. The second-order valence-electron chi connectivity index (χ2n) is 4.18. The lowest BCUT2D eigenvalue weighted by molar-refractivity contribution is 0.466. The number of nitrogens with one attached hydrogen (secondary N) is 1. The molecule has 2 rings (SSSR count). The Kier molecular flexibility index (Phi) is 3.50. The van der Waals surface area contributed by atoms with E-state index < -0.39 is 0 Å². The molecule has 1 atom stereocenters. The zero-order chi connectivity index (χ0) is 13.1. The van der Waals surface area contributed by atoms with Gasteiger partial charge >= 0.3 is 0 Å². The topological polar surface area (TPSA) is 60.1 Å². The van der Waals surface area contributed by atoms with Crippen LogP contribution in [-0.4, -0.2) is 9.55 Å². The van der Waals surface area contributed by atoms with E-state index in [2.05, 4.69) is 10.3 Å². The number of anilines is 1. The SMILES string of the molecule is CCn1ccnc(NC(C)c2ccc(C)o2)c1=O. The Morgan fingerprint density at radius 3 is 2.89 bits per heavy atom. The summed E-state index contributed by atoms with van der Waals surface area (Å²) in [5.41, 5.74) is -0.116. The van der Waals surface area contributed by atoms with Crippen LogP contribution in [0, 0.1) is 6.92 Å². The molecule has 0 saturated heterocycles. The van der Waals surface area contributed by atoms with Crippen molar-refractivity contribution in [2.24, 2.45) is 0 Å². The van der Waals surface area contributed by atoms with Crippen LogP contribution in [0.3, 0.4) is 0 Å². The van der Waals surface area contributed by atoms with E-state index in [1.54, 1.807) is 17.0 Å². The first-order chi connectivity index (χ1) is 8.61. The Balaban J connectivity index is 2.22. The molecule has 5 nitrogen and oxygen atoms in total. The van der Waals surface area contributed by atoms with Crippen LogP contribution in [0.15, 0.2) is 33.7 Å². The van der Waals surface area contributed by atoms with Gasteiger partial charge in [0.25, 0.3) is 5.56 Å². The van der Waals surface area contributed by atoms with Crippen molar-refractivity contribution in [1.29, 1.82) is 0 Å². The fraction of sp³-hybridized carbons (Fsp3) is 0.385. The van der Waals surface area contributed by atoms with Gasteiger partial charge in [-0.1, -0.05) is 0 Å². The monoisotopic (exact) mass is 247 g/mol. The van der Waals surface area contributed by atoms with Crippen LogP contribution in [0.1, 0.15) is 31.4 Å². The van der Waals surface area contributed by atoms with Gasteiger partial charge in [0.15, 0.2) is 5.82 Å². The minimum absolute atomic E-state index is 0.0911. The highest BCUT2D eigenvalue weighted by Gasteiger charge is 2.12. The number of hydrogen-bond donors (Lipinski definition) is 1. The van der Waals surface area contributed by atoms with Gasteiger partial charge in [0.2, 0.25) is 0 Å². The summed E-state index contributed by atoms with van der Waals surface area (Å²) in [4.78, 5) is 16.1. The van der Waals surface area contributed by atoms with Crippen LogP contribution in [0.25, 0.3) is 0 Å². The van der Waals surface area contributed by atoms with Gasteiger partial charge in [-0.2, -0.15) is 0 Å². The quantitative estimate of drug-likeness (QED) is 0.900. The molecule has 1 N–H and O–H groups in total. The molecule has 0 aliphatic carbocycles. The summed E-state index contributed by atoms with van der Waals surface area (Å²) < 4.78 is 7.12. The van der Waals surface area contributed by atoms with Gasteiger partial charge in [-0.3, -0.25) is 4.79 Å². The largest absolute Gasteiger partial charge is 0.464 e. The Morgan fingerprint density at radius 1 is 1.50 bits per heavy atom. The summed E-state index contributed by atoms with van der Waals surface area (Å²) >= 11 is 0. The second kappa shape index (κ2) is 5.08. The molecule has 0 bridgehead atoms. The molecule has 5 heteroatoms. The molecule has 18 heavy (non-hydrogen) atoms. The van der Waals surface area contributed by atoms with Crippen molar-refractivity contribution >= 4 is 5.82 Å². The summed E-state index contributed by atoms with van der Waals surface area (Å²) in [6.45, 7) is 6.37. The summed E-state index contributed by atoms with van der Waals surface area (Å²) in [7, 11) is 0. The molecule has 0 radical (unpaired) electrons. The first kappa shape index (κ1) is 12.4. The van der Waals surface area contributed by atoms with Crippen molar-refractivity contribution in [3.8, 4) is 0 Å². The molecule has 0 saturated carbocycles. The summed E-state index contributed by atoms with van der Waals surface area (Å²) in [6, 6.07) is 3.71. The predicted molar refractivity (Wildman–Crippen MR) is 69.7 cm³/mol. The molecule has 0 aliphatic heterocycles. The van der Waals surface area contributed by atoms with Gasteiger partial charge in [0.05, 0.1) is 6.04 Å². The summed E-state index contributed by atoms with van der Waals surface area (Å²) in [5.74, 6) is 1.99. The minimum Gasteiger partial charge on any atom is -0.464 e. The highest BCUT2D eigenvalue weighted by molar-refractivity contribution is 5.34. The van der Waals surface area contributed by atoms with E-state index in [0.29, 0.717) is 12.4 Å². The zero-order valence-corrected chi connectivity index (χ0v) is 10.8. The molecule has 0 spiro atoms. The van der Waals surface area contributed by atoms with Crippen LogP contribution in [-0.2, 0) is 6.54 Å². The van der Waals surface area contributed by atoms with E-state index in [1.165, 1.54) is 0 Å². The standard InChI is InChI=1S/C13H17N3O2/c1-4-16-8-7-14-12(13(16)17)15-10(3)11-6-5-9(2)18-11/h5-8,10H,4H2,1-3H3,(H,14,15). The third-order valence-electron chi connectivity index (χ3n) is 2.80. The van der Waals surface area contributed by atoms with E-state index in [1.807, 2.05) is 32.9 Å². The summed E-state index contributed by atoms with van der Waals surface area (Å²) in [6.07, 6.45) is 3.29. The molecule has 1 unspecified atom stereocenters. The van der Waals surface area contributed by atoms with E-state index in [4.69, 9.17) is 4.42 Å². The van der Waals surface area contributed by atoms with Crippen LogP contribution in [0.4, 0.5) is 5.82 Å². The molecule has 0 aliphatic rings. The third kappa shape index (κ3) is 2.45. The van der Waals surface area contributed by atoms with Gasteiger partial charge in [-0.25, -0.2) is 4.98 Å². The van der Waals surface area contributed by atoms with Gasteiger partial charge in [-0.05, 0) is 32.9 Å². The van der Waals surface area contributed by atoms with Gasteiger partial charge in [-0.15, -0.1) is 0 Å². The molecular formula is C13H17N3O2. The van der Waals surface area contributed by atoms with E-state index >= 15 is 0 Å². The molecule has 2 heterocycles. The molecule has 0 aromatic carbocycles. The Morgan fingerprint density at radius 2 is 2.28 bits per heavy atom. The highest BCUT2D eigenvalue weighted by atomic mass is 16.3. The van der Waals surface area contributed by atoms with Gasteiger partial charge in [0, 0.05) is 18.9 Å². The maximum Gasteiger partial charge on any atom is 0.293 e. The fourth-order valence-electron chi connectivity index (χ4n) is 1.76. The lowest BCUT2D eigenvalue weighted by Crippen LogP contribution is -2.24. The Bertz CT molecular complexity index is 586. The molecule has 0 amide bonds. The fourth-order valence-corrected chi connectivity index (χ4v) is 1.76. The average Bonchev–Trinajstić information content (AvgIpc) is 2.78. The molecule has 2 aromatic heterocycles. The number of aromatic nitrogens is 2. The Labute approximate surface area is 105 Å². The Hall–Kier alpha value is -2.04. The molecular weight excluding hydrogens is 230 g/mol. The second-order valence-corrected chi connectivity index (χ2v) is 4.18. The van der Waals surface area contributed by atoms with Crippen LogP contribution >= 0.6 is 0 Å². The number of nitrogens with zero attached hydrogens (tertiary/aromatic N) is 2. The number of rotatable bonds is 4. The minimum atomic E-state index is -0.116. The van der Waals surface area contributed by atoms with Crippen molar-refractivity contribution in [1.82, 2.24) is 9.55 Å². The van der Waals surface area contributed by atoms with E-state index in [-0.39, 0.29) is 11.6 Å². The van der Waals surface area contributed by atoms with Crippen molar-refractivity contribution in [3.63, 3.8) is 0 Å². The van der Waals surface area contributed by atoms with Crippen molar-refractivity contribution < 1.29 is 4.42 Å². The van der Waals surface area contributed by atoms with E-state index in [9.17, 15) is 4.79 Å². The van der Waals surface area contributed by atoms with Crippen molar-refractivity contribution in [2.75, 3.05) is 5.32 Å². The lowest BCUT2D eigenvalue weighted by Gasteiger charge is -2.12. The summed E-state index contributed by atoms with van der Waals surface area (Å²) in [5, 5.41) is 3.08. The van der Waals surface area contributed by atoms with Gasteiger partial charge in [0.1, 0.15) is 11.5 Å².